The number of hydrogen-bond donors (Lipinski definition) is 1. The van der Waals surface area contributed by atoms with E-state index in [1.54, 1.807) is 12.1 Å². The Kier molecular flexibility index (Phi) is 4.30. The minimum atomic E-state index is -0.650. The Balaban J connectivity index is 2.10. The van der Waals surface area contributed by atoms with Gasteiger partial charge in [0.2, 0.25) is 11.7 Å². The fraction of sp³-hybridized carbons (Fsp3) is 0.333. The fourth-order valence-corrected chi connectivity index (χ4v) is 1.73. The van der Waals surface area contributed by atoms with Crippen molar-refractivity contribution < 1.29 is 14.4 Å². The molecular weight excluding hydrogens is 256 g/mol. The molecule has 18 heavy (non-hydrogen) atoms. The number of hydrogen-bond acceptors (Lipinski definition) is 5. The van der Waals surface area contributed by atoms with E-state index in [-0.39, 0.29) is 13.0 Å². The van der Waals surface area contributed by atoms with Crippen LogP contribution in [0.25, 0.3) is 11.4 Å². The molecular formula is C12H13ClN2O3. The summed E-state index contributed by atoms with van der Waals surface area (Å²) in [4.78, 5) is 4.19. The Labute approximate surface area is 109 Å². The Hall–Kier alpha value is -1.43. The lowest BCUT2D eigenvalue weighted by Crippen LogP contribution is -2.17. The first-order valence-electron chi connectivity index (χ1n) is 5.44. The summed E-state index contributed by atoms with van der Waals surface area (Å²) in [5.74, 6) is 0.826. The van der Waals surface area contributed by atoms with Crippen LogP contribution < -0.4 is 0 Å². The summed E-state index contributed by atoms with van der Waals surface area (Å²) >= 11 is 5.88. The molecule has 2 rings (SSSR count). The van der Waals surface area contributed by atoms with Crippen LogP contribution in [0.1, 0.15) is 5.89 Å². The van der Waals surface area contributed by atoms with Crippen LogP contribution in [-0.4, -0.2) is 35.1 Å². The van der Waals surface area contributed by atoms with Crippen molar-refractivity contribution in [3.05, 3.63) is 35.2 Å². The molecule has 1 aromatic heterocycles. The molecule has 0 aliphatic heterocycles. The topological polar surface area (TPSA) is 68.4 Å². The summed E-state index contributed by atoms with van der Waals surface area (Å²) in [6, 6.07) is 7.18. The molecule has 0 amide bonds. The first-order valence-corrected chi connectivity index (χ1v) is 5.82. The van der Waals surface area contributed by atoms with E-state index in [0.717, 1.165) is 5.56 Å². The third-order valence-electron chi connectivity index (χ3n) is 2.32. The van der Waals surface area contributed by atoms with Gasteiger partial charge < -0.3 is 14.4 Å². The number of ether oxygens (including phenoxy) is 1. The van der Waals surface area contributed by atoms with E-state index in [1.807, 2.05) is 12.1 Å². The maximum atomic E-state index is 9.55. The Morgan fingerprint density at radius 3 is 3.06 bits per heavy atom. The Morgan fingerprint density at radius 1 is 1.50 bits per heavy atom. The van der Waals surface area contributed by atoms with Gasteiger partial charge in [-0.1, -0.05) is 28.9 Å². The lowest BCUT2D eigenvalue weighted by molar-refractivity contribution is 0.0599. The summed E-state index contributed by atoms with van der Waals surface area (Å²) in [6.45, 7) is 0.231. The van der Waals surface area contributed by atoms with Crippen molar-refractivity contribution in [1.82, 2.24) is 10.1 Å². The molecule has 96 valence electrons. The second kappa shape index (κ2) is 5.95. The Bertz CT molecular complexity index is 516. The van der Waals surface area contributed by atoms with Gasteiger partial charge in [-0.25, -0.2) is 0 Å². The van der Waals surface area contributed by atoms with E-state index in [2.05, 4.69) is 10.1 Å². The fourth-order valence-electron chi connectivity index (χ4n) is 1.54. The van der Waals surface area contributed by atoms with Crippen molar-refractivity contribution >= 4 is 11.6 Å². The lowest BCUT2D eigenvalue weighted by Gasteiger charge is -2.04. The molecule has 1 unspecified atom stereocenters. The van der Waals surface area contributed by atoms with Gasteiger partial charge in [-0.3, -0.25) is 0 Å². The molecule has 0 saturated heterocycles. The highest BCUT2D eigenvalue weighted by Crippen LogP contribution is 2.20. The maximum absolute atomic E-state index is 9.55. The molecule has 1 atom stereocenters. The summed E-state index contributed by atoms with van der Waals surface area (Å²) in [6.07, 6.45) is -0.385. The number of benzene rings is 1. The minimum absolute atomic E-state index is 0.231. The molecule has 0 fully saturated rings. The van der Waals surface area contributed by atoms with Gasteiger partial charge in [0, 0.05) is 17.7 Å². The molecule has 1 N–H and O–H groups in total. The second-order valence-electron chi connectivity index (χ2n) is 3.84. The van der Waals surface area contributed by atoms with Gasteiger partial charge in [0.1, 0.15) is 0 Å². The van der Waals surface area contributed by atoms with Gasteiger partial charge >= 0.3 is 0 Å². The molecule has 0 saturated carbocycles. The van der Waals surface area contributed by atoms with Crippen LogP contribution in [0.5, 0.6) is 0 Å². The van der Waals surface area contributed by atoms with Crippen LogP contribution in [0.2, 0.25) is 5.02 Å². The minimum Gasteiger partial charge on any atom is -0.390 e. The Morgan fingerprint density at radius 2 is 2.33 bits per heavy atom. The van der Waals surface area contributed by atoms with Crippen LogP contribution in [0.15, 0.2) is 28.8 Å². The van der Waals surface area contributed by atoms with Gasteiger partial charge in [-0.2, -0.15) is 4.98 Å². The van der Waals surface area contributed by atoms with Crippen LogP contribution >= 0.6 is 11.6 Å². The van der Waals surface area contributed by atoms with Gasteiger partial charge in [-0.15, -0.1) is 0 Å². The normalized spacial score (nSPS) is 12.6. The van der Waals surface area contributed by atoms with Crippen LogP contribution in [0.4, 0.5) is 0 Å². The highest BCUT2D eigenvalue weighted by atomic mass is 35.5. The summed E-state index contributed by atoms with van der Waals surface area (Å²) in [5, 5.41) is 14.0. The predicted octanol–water partition coefficient (Wildman–Crippen LogP) is 1.94. The number of aliphatic hydroxyl groups excluding tert-OH is 1. The molecule has 1 aromatic carbocycles. The zero-order chi connectivity index (χ0) is 13.0. The number of halogens is 1. The predicted molar refractivity (Wildman–Crippen MR) is 66.3 cm³/mol. The molecule has 0 aliphatic carbocycles. The zero-order valence-electron chi connectivity index (χ0n) is 9.84. The molecule has 2 aromatic rings. The van der Waals surface area contributed by atoms with Crippen molar-refractivity contribution in [2.75, 3.05) is 13.7 Å². The number of aliphatic hydroxyl groups is 1. The van der Waals surface area contributed by atoms with Crippen molar-refractivity contribution in [3.8, 4) is 11.4 Å². The molecule has 6 heteroatoms. The highest BCUT2D eigenvalue weighted by molar-refractivity contribution is 6.30. The van der Waals surface area contributed by atoms with Crippen molar-refractivity contribution in [3.63, 3.8) is 0 Å². The first kappa shape index (κ1) is 13.0. The van der Waals surface area contributed by atoms with E-state index in [0.29, 0.717) is 16.7 Å². The van der Waals surface area contributed by atoms with Crippen molar-refractivity contribution in [2.24, 2.45) is 0 Å². The summed E-state index contributed by atoms with van der Waals surface area (Å²) in [7, 11) is 1.52. The average Bonchev–Trinajstić information content (AvgIpc) is 2.78. The lowest BCUT2D eigenvalue weighted by atomic mass is 10.2. The molecule has 1 heterocycles. The van der Waals surface area contributed by atoms with E-state index in [9.17, 15) is 5.11 Å². The second-order valence-corrected chi connectivity index (χ2v) is 4.27. The highest BCUT2D eigenvalue weighted by Gasteiger charge is 2.13. The quantitative estimate of drug-likeness (QED) is 0.897. The van der Waals surface area contributed by atoms with Crippen molar-refractivity contribution in [1.29, 1.82) is 0 Å². The third kappa shape index (κ3) is 3.29. The van der Waals surface area contributed by atoms with Gasteiger partial charge in [0.15, 0.2) is 0 Å². The molecule has 0 bridgehead atoms. The molecule has 5 nitrogen and oxygen atoms in total. The van der Waals surface area contributed by atoms with E-state index >= 15 is 0 Å². The number of aromatic nitrogens is 2. The van der Waals surface area contributed by atoms with Crippen LogP contribution in [-0.2, 0) is 11.2 Å². The molecule has 0 spiro atoms. The summed E-state index contributed by atoms with van der Waals surface area (Å²) < 4.78 is 9.88. The first-order chi connectivity index (χ1) is 8.69. The largest absolute Gasteiger partial charge is 0.390 e. The average molecular weight is 269 g/mol. The number of methoxy groups -OCH3 is 1. The van der Waals surface area contributed by atoms with E-state index < -0.39 is 6.10 Å². The van der Waals surface area contributed by atoms with Gasteiger partial charge in [0.25, 0.3) is 0 Å². The molecule has 0 aliphatic rings. The molecule has 0 radical (unpaired) electrons. The summed E-state index contributed by atoms with van der Waals surface area (Å²) in [5.41, 5.74) is 0.777. The van der Waals surface area contributed by atoms with Crippen LogP contribution in [0.3, 0.4) is 0 Å². The van der Waals surface area contributed by atoms with Crippen LogP contribution in [0, 0.1) is 0 Å². The monoisotopic (exact) mass is 268 g/mol. The third-order valence-corrected chi connectivity index (χ3v) is 2.56. The van der Waals surface area contributed by atoms with Gasteiger partial charge in [-0.05, 0) is 12.1 Å². The maximum Gasteiger partial charge on any atom is 0.229 e. The number of nitrogens with zero attached hydrogens (tertiary/aromatic N) is 2. The van der Waals surface area contributed by atoms with Gasteiger partial charge in [0.05, 0.1) is 19.1 Å². The number of rotatable bonds is 5. The standard InChI is InChI=1S/C12H13ClN2O3/c1-17-7-10(16)6-11-14-12(15-18-11)8-3-2-4-9(13)5-8/h2-5,10,16H,6-7H2,1H3. The SMILES string of the molecule is COCC(O)Cc1nc(-c2cccc(Cl)c2)no1. The smallest absolute Gasteiger partial charge is 0.229 e. The van der Waals surface area contributed by atoms with E-state index in [4.69, 9.17) is 20.9 Å². The zero-order valence-corrected chi connectivity index (χ0v) is 10.6. The van der Waals surface area contributed by atoms with Crippen molar-refractivity contribution in [2.45, 2.75) is 12.5 Å². The van der Waals surface area contributed by atoms with E-state index in [1.165, 1.54) is 7.11 Å².